The van der Waals surface area contributed by atoms with Gasteiger partial charge in [0.2, 0.25) is 23.6 Å². The highest BCUT2D eigenvalue weighted by atomic mass is 16.4. The summed E-state index contributed by atoms with van der Waals surface area (Å²) in [7, 11) is 0. The average molecular weight is 560 g/mol. The van der Waals surface area contributed by atoms with Gasteiger partial charge < -0.3 is 54.8 Å². The third-order valence-corrected chi connectivity index (χ3v) is 5.46. The van der Waals surface area contributed by atoms with Gasteiger partial charge in [0, 0.05) is 19.4 Å². The zero-order chi connectivity index (χ0) is 30.0. The van der Waals surface area contributed by atoms with Crippen molar-refractivity contribution in [1.29, 1.82) is 0 Å². The number of rotatable bonds is 21. The zero-order valence-corrected chi connectivity index (χ0v) is 21.8. The number of primary amides is 1. The highest BCUT2D eigenvalue weighted by Crippen LogP contribution is 2.07. The first kappa shape index (κ1) is 35.0. The van der Waals surface area contributed by atoms with Crippen LogP contribution < -0.4 is 44.6 Å². The summed E-state index contributed by atoms with van der Waals surface area (Å²) in [6.07, 6.45) is 0.149. The Balaban J connectivity index is 5.54. The smallest absolute Gasteiger partial charge is 0.326 e. The van der Waals surface area contributed by atoms with Crippen LogP contribution in [0.15, 0.2) is 4.99 Å². The summed E-state index contributed by atoms with van der Waals surface area (Å²) in [6.45, 7) is 0.527. The predicted molar refractivity (Wildman–Crippen MR) is 140 cm³/mol. The molecular formula is C22H41N9O8. The molecule has 0 saturated heterocycles. The topological polar surface area (TPSA) is 321 Å². The van der Waals surface area contributed by atoms with Gasteiger partial charge in [-0.3, -0.25) is 29.0 Å². The molecule has 0 rings (SSSR count). The molecule has 0 saturated carbocycles. The second kappa shape index (κ2) is 19.1. The Kier molecular flexibility index (Phi) is 17.2. The molecule has 4 amide bonds. The van der Waals surface area contributed by atoms with E-state index in [2.05, 4.69) is 20.9 Å². The first-order chi connectivity index (χ1) is 18.3. The molecule has 0 aliphatic heterocycles. The first-order valence-corrected chi connectivity index (χ1v) is 12.4. The number of amides is 4. The second-order valence-corrected chi connectivity index (χ2v) is 8.80. The highest BCUT2D eigenvalue weighted by molar-refractivity contribution is 5.94. The minimum atomic E-state index is -1.45. The summed E-state index contributed by atoms with van der Waals surface area (Å²) in [5, 5.41) is 25.6. The van der Waals surface area contributed by atoms with Crippen molar-refractivity contribution in [3.63, 3.8) is 0 Å². The molecule has 17 heteroatoms. The zero-order valence-electron chi connectivity index (χ0n) is 21.8. The van der Waals surface area contributed by atoms with Gasteiger partial charge in [-0.15, -0.1) is 0 Å². The first-order valence-electron chi connectivity index (χ1n) is 12.4. The lowest BCUT2D eigenvalue weighted by Gasteiger charge is -2.25. The van der Waals surface area contributed by atoms with E-state index in [1.54, 1.807) is 0 Å². The maximum atomic E-state index is 13.0. The number of hydrogen-bond acceptors (Lipinski definition) is 9. The van der Waals surface area contributed by atoms with Gasteiger partial charge in [0.15, 0.2) is 5.96 Å². The molecule has 4 atom stereocenters. The summed E-state index contributed by atoms with van der Waals surface area (Å²) in [5.74, 6) is -5.95. The number of nitrogens with two attached hydrogens (primary N) is 5. The van der Waals surface area contributed by atoms with Gasteiger partial charge in [-0.2, -0.15) is 0 Å². The number of aliphatic imine (C=N–C) groups is 1. The van der Waals surface area contributed by atoms with Crippen molar-refractivity contribution in [2.24, 2.45) is 33.7 Å². The van der Waals surface area contributed by atoms with Gasteiger partial charge in [-0.1, -0.05) is 0 Å². The molecule has 222 valence electrons. The Bertz CT molecular complexity index is 880. The molecule has 0 aliphatic carbocycles. The number of carbonyl (C=O) groups excluding carboxylic acids is 4. The molecule has 0 heterocycles. The number of nitrogens with one attached hydrogen (secondary N) is 3. The van der Waals surface area contributed by atoms with E-state index in [0.29, 0.717) is 25.8 Å². The summed E-state index contributed by atoms with van der Waals surface area (Å²) in [6, 6.07) is -5.09. The SMILES string of the molecule is NCCCCC(NC(=O)C(CCC(=O)O)NC(=O)C(N)CCCN=C(N)N)C(=O)NC(CCC(N)=O)C(=O)O. The van der Waals surface area contributed by atoms with Crippen LogP contribution in [0, 0.1) is 0 Å². The molecule has 0 fully saturated rings. The highest BCUT2D eigenvalue weighted by Gasteiger charge is 2.30. The van der Waals surface area contributed by atoms with Crippen LogP contribution in [0.2, 0.25) is 0 Å². The number of nitrogens with zero attached hydrogens (tertiary/aromatic N) is 1. The van der Waals surface area contributed by atoms with Crippen molar-refractivity contribution in [2.75, 3.05) is 13.1 Å². The summed E-state index contributed by atoms with van der Waals surface area (Å²) >= 11 is 0. The van der Waals surface area contributed by atoms with Crippen molar-refractivity contribution >= 4 is 41.5 Å². The lowest BCUT2D eigenvalue weighted by atomic mass is 10.0. The Labute approximate surface area is 225 Å². The molecule has 39 heavy (non-hydrogen) atoms. The van der Waals surface area contributed by atoms with Crippen LogP contribution in [0.1, 0.15) is 57.8 Å². The molecule has 0 bridgehead atoms. The molecule has 0 aromatic carbocycles. The Morgan fingerprint density at radius 3 is 1.74 bits per heavy atom. The van der Waals surface area contributed by atoms with Crippen molar-refractivity contribution in [3.05, 3.63) is 0 Å². The largest absolute Gasteiger partial charge is 0.481 e. The number of aliphatic carboxylic acids is 2. The second-order valence-electron chi connectivity index (χ2n) is 8.80. The normalized spacial score (nSPS) is 13.7. The molecule has 0 aromatic heterocycles. The number of carbonyl (C=O) groups is 6. The molecule has 0 radical (unpaired) electrons. The summed E-state index contributed by atoms with van der Waals surface area (Å²) < 4.78 is 0. The van der Waals surface area contributed by atoms with Gasteiger partial charge in [-0.25, -0.2) is 4.79 Å². The Morgan fingerprint density at radius 1 is 0.692 bits per heavy atom. The fourth-order valence-electron chi connectivity index (χ4n) is 3.32. The van der Waals surface area contributed by atoms with Gasteiger partial charge in [0.25, 0.3) is 0 Å². The summed E-state index contributed by atoms with van der Waals surface area (Å²) in [5.41, 5.74) is 26.9. The number of carboxylic acids is 2. The van der Waals surface area contributed by atoms with E-state index in [1.165, 1.54) is 0 Å². The maximum absolute atomic E-state index is 13.0. The van der Waals surface area contributed by atoms with Gasteiger partial charge >= 0.3 is 11.9 Å². The van der Waals surface area contributed by atoms with Crippen molar-refractivity contribution in [3.8, 4) is 0 Å². The molecule has 0 spiro atoms. The van der Waals surface area contributed by atoms with Crippen molar-refractivity contribution in [1.82, 2.24) is 16.0 Å². The van der Waals surface area contributed by atoms with Crippen LogP contribution in [-0.2, 0) is 28.8 Å². The standard InChI is InChI=1S/C22H41N9O8/c23-10-2-1-5-13(19(36)31-15(21(38)39)6-8-16(25)32)30-20(37)14(7-9-17(33)34)29-18(35)12(24)4-3-11-28-22(26)27/h12-15H,1-11,23-24H2,(H2,25,32)(H,29,35)(H,30,37)(H,31,36)(H,33,34)(H,38,39)(H4,26,27,28). The Hall–Kier alpha value is -3.99. The van der Waals surface area contributed by atoms with Crippen LogP contribution in [0.5, 0.6) is 0 Å². The molecule has 0 aromatic rings. The monoisotopic (exact) mass is 559 g/mol. The molecule has 17 nitrogen and oxygen atoms in total. The van der Waals surface area contributed by atoms with Crippen molar-refractivity contribution in [2.45, 2.75) is 82.0 Å². The molecule has 15 N–H and O–H groups in total. The third kappa shape index (κ3) is 16.5. The minimum Gasteiger partial charge on any atom is -0.481 e. The lowest BCUT2D eigenvalue weighted by Crippen LogP contribution is -2.57. The van der Waals surface area contributed by atoms with Crippen LogP contribution in [0.4, 0.5) is 0 Å². The van der Waals surface area contributed by atoms with Gasteiger partial charge in [-0.05, 0) is 51.5 Å². The number of guanidine groups is 1. The van der Waals surface area contributed by atoms with Crippen LogP contribution in [0.25, 0.3) is 0 Å². The fourth-order valence-corrected chi connectivity index (χ4v) is 3.32. The summed E-state index contributed by atoms with van der Waals surface area (Å²) in [4.78, 5) is 75.9. The van der Waals surface area contributed by atoms with Crippen LogP contribution >= 0.6 is 0 Å². The molecule has 4 unspecified atom stereocenters. The number of carboxylic acid groups (broad SMARTS) is 2. The maximum Gasteiger partial charge on any atom is 0.326 e. The average Bonchev–Trinajstić information content (AvgIpc) is 2.85. The Morgan fingerprint density at radius 2 is 1.23 bits per heavy atom. The lowest BCUT2D eigenvalue weighted by molar-refractivity contribution is -0.142. The van der Waals surface area contributed by atoms with Crippen LogP contribution in [-0.4, -0.2) is 89.0 Å². The van der Waals surface area contributed by atoms with E-state index in [0.717, 1.165) is 0 Å². The molecule has 0 aliphatic rings. The van der Waals surface area contributed by atoms with Crippen LogP contribution in [0.3, 0.4) is 0 Å². The quantitative estimate of drug-likeness (QED) is 0.0367. The van der Waals surface area contributed by atoms with Gasteiger partial charge in [0.1, 0.15) is 18.1 Å². The number of unbranched alkanes of at least 4 members (excludes halogenated alkanes) is 1. The predicted octanol–water partition coefficient (Wildman–Crippen LogP) is -3.83. The van der Waals surface area contributed by atoms with Gasteiger partial charge in [0.05, 0.1) is 6.04 Å². The number of hydrogen-bond donors (Lipinski definition) is 10. The van der Waals surface area contributed by atoms with Crippen molar-refractivity contribution < 1.29 is 39.0 Å². The van der Waals surface area contributed by atoms with E-state index < -0.39 is 66.2 Å². The molecular weight excluding hydrogens is 518 g/mol. The van der Waals surface area contributed by atoms with E-state index in [1.807, 2.05) is 0 Å². The van der Waals surface area contributed by atoms with E-state index in [9.17, 15) is 33.9 Å². The van der Waals surface area contributed by atoms with E-state index >= 15 is 0 Å². The fraction of sp³-hybridized carbons (Fsp3) is 0.682. The third-order valence-electron chi connectivity index (χ3n) is 5.46. The van der Waals surface area contributed by atoms with E-state index in [4.69, 9.17) is 33.8 Å². The minimum absolute atomic E-state index is 0.0703. The van der Waals surface area contributed by atoms with E-state index in [-0.39, 0.29) is 44.6 Å².